The predicted octanol–water partition coefficient (Wildman–Crippen LogP) is 6.55. The number of nitriles is 1. The van der Waals surface area contributed by atoms with Crippen molar-refractivity contribution in [2.24, 2.45) is 0 Å². The highest BCUT2D eigenvalue weighted by Gasteiger charge is 2.20. The maximum atomic E-state index is 13.2. The van der Waals surface area contributed by atoms with E-state index >= 15 is 0 Å². The van der Waals surface area contributed by atoms with Gasteiger partial charge in [-0.3, -0.25) is 0 Å². The lowest BCUT2D eigenvalue weighted by molar-refractivity contribution is 0.592. The molecule has 0 atom stereocenters. The first-order valence-corrected chi connectivity index (χ1v) is 12.9. The first kappa shape index (κ1) is 21.8. The van der Waals surface area contributed by atoms with Crippen molar-refractivity contribution < 1.29 is 8.42 Å². The van der Waals surface area contributed by atoms with Crippen LogP contribution in [0.1, 0.15) is 5.56 Å². The molecule has 0 fully saturated rings. The van der Waals surface area contributed by atoms with E-state index in [1.807, 2.05) is 36.4 Å². The Kier molecular flexibility index (Phi) is 5.14. The molecule has 0 amide bonds. The van der Waals surface area contributed by atoms with Crippen molar-refractivity contribution >= 4 is 31.6 Å². The van der Waals surface area contributed by atoms with Crippen molar-refractivity contribution in [1.29, 1.82) is 5.26 Å². The monoisotopic (exact) mass is 485 g/mol. The van der Waals surface area contributed by atoms with Crippen LogP contribution < -0.4 is 0 Å². The van der Waals surface area contributed by atoms with Gasteiger partial charge in [0.05, 0.1) is 33.3 Å². The molecule has 6 heteroatoms. The fourth-order valence-corrected chi connectivity index (χ4v) is 5.83. The predicted molar refractivity (Wildman–Crippen MR) is 141 cm³/mol. The number of nitrogens with zero attached hydrogens (tertiary/aromatic N) is 3. The summed E-state index contributed by atoms with van der Waals surface area (Å²) in [6.07, 6.45) is 0. The smallest absolute Gasteiger partial charge is 0.223 e. The van der Waals surface area contributed by atoms with Crippen LogP contribution in [-0.2, 0) is 9.84 Å². The Labute approximate surface area is 208 Å². The number of hydrogen-bond acceptors (Lipinski definition) is 4. The molecule has 0 saturated carbocycles. The largest absolute Gasteiger partial charge is 0.309 e. The van der Waals surface area contributed by atoms with Crippen LogP contribution in [-0.4, -0.2) is 18.0 Å². The van der Waals surface area contributed by atoms with Gasteiger partial charge in [-0.15, -0.1) is 0 Å². The van der Waals surface area contributed by atoms with Gasteiger partial charge in [0.25, 0.3) is 0 Å². The van der Waals surface area contributed by atoms with E-state index in [0.717, 1.165) is 27.5 Å². The third-order valence-electron chi connectivity index (χ3n) is 6.23. The van der Waals surface area contributed by atoms with Crippen molar-refractivity contribution in [3.8, 4) is 23.0 Å². The number of para-hydroxylation sites is 2. The first-order chi connectivity index (χ1) is 17.6. The Bertz CT molecular complexity index is 1860. The maximum absolute atomic E-state index is 13.2. The minimum absolute atomic E-state index is 0.0352. The molecule has 6 rings (SSSR count). The molecule has 0 radical (unpaired) electrons. The Morgan fingerprint density at radius 1 is 0.694 bits per heavy atom. The maximum Gasteiger partial charge on any atom is 0.223 e. The molecule has 0 unspecified atom stereocenters. The van der Waals surface area contributed by atoms with Gasteiger partial charge in [0, 0.05) is 22.0 Å². The lowest BCUT2D eigenvalue weighted by atomic mass is 10.1. The van der Waals surface area contributed by atoms with E-state index in [2.05, 4.69) is 39.9 Å². The van der Waals surface area contributed by atoms with Crippen molar-refractivity contribution in [2.75, 3.05) is 0 Å². The number of benzene rings is 4. The van der Waals surface area contributed by atoms with Crippen molar-refractivity contribution in [2.45, 2.75) is 9.92 Å². The first-order valence-electron chi connectivity index (χ1n) is 11.4. The van der Waals surface area contributed by atoms with Crippen molar-refractivity contribution in [3.63, 3.8) is 0 Å². The highest BCUT2D eigenvalue weighted by Crippen LogP contribution is 2.34. The summed E-state index contributed by atoms with van der Waals surface area (Å²) < 4.78 is 28.5. The molecule has 0 N–H and O–H groups in total. The number of rotatable bonds is 4. The van der Waals surface area contributed by atoms with Crippen LogP contribution in [0.25, 0.3) is 38.8 Å². The molecule has 2 aromatic heterocycles. The zero-order valence-corrected chi connectivity index (χ0v) is 19.9. The molecule has 36 heavy (non-hydrogen) atoms. The third-order valence-corrected chi connectivity index (χ3v) is 7.90. The summed E-state index contributed by atoms with van der Waals surface area (Å²) in [4.78, 5) is 4.69. The summed E-state index contributed by atoms with van der Waals surface area (Å²) in [5, 5.41) is 12.0. The van der Waals surface area contributed by atoms with Gasteiger partial charge < -0.3 is 4.57 Å². The number of sulfone groups is 1. The number of pyridine rings is 1. The average molecular weight is 486 g/mol. The number of hydrogen-bond donors (Lipinski definition) is 0. The topological polar surface area (TPSA) is 75.8 Å². The average Bonchev–Trinajstić information content (AvgIpc) is 3.28. The molecule has 0 saturated heterocycles. The minimum atomic E-state index is -3.78. The molecule has 0 aliphatic carbocycles. The summed E-state index contributed by atoms with van der Waals surface area (Å²) in [6, 6.07) is 37.2. The lowest BCUT2D eigenvalue weighted by Crippen LogP contribution is -2.05. The molecule has 0 aliphatic heterocycles. The lowest BCUT2D eigenvalue weighted by Gasteiger charge is -2.12. The second kappa shape index (κ2) is 8.49. The molecule has 0 aliphatic rings. The van der Waals surface area contributed by atoms with Gasteiger partial charge in [0.1, 0.15) is 0 Å². The van der Waals surface area contributed by atoms with Crippen molar-refractivity contribution in [3.05, 3.63) is 121 Å². The molecule has 0 spiro atoms. The molecular weight excluding hydrogens is 466 g/mol. The highest BCUT2D eigenvalue weighted by atomic mass is 32.2. The zero-order valence-electron chi connectivity index (χ0n) is 19.0. The number of aromatic nitrogens is 2. The van der Waals surface area contributed by atoms with Gasteiger partial charge in [-0.25, -0.2) is 13.4 Å². The molecule has 4 aromatic carbocycles. The third kappa shape index (κ3) is 3.54. The summed E-state index contributed by atoms with van der Waals surface area (Å²) in [5.74, 6) is 0. The van der Waals surface area contributed by atoms with Gasteiger partial charge in [-0.1, -0.05) is 60.7 Å². The normalized spacial score (nSPS) is 11.5. The summed E-state index contributed by atoms with van der Waals surface area (Å²) in [7, 11) is -3.78. The molecule has 0 bridgehead atoms. The summed E-state index contributed by atoms with van der Waals surface area (Å²) in [6.45, 7) is 0. The van der Waals surface area contributed by atoms with Crippen molar-refractivity contribution in [1.82, 2.24) is 9.55 Å². The molecule has 172 valence electrons. The zero-order chi connectivity index (χ0) is 24.7. The van der Waals surface area contributed by atoms with E-state index in [9.17, 15) is 13.7 Å². The number of fused-ring (bicyclic) bond motifs is 3. The summed E-state index contributed by atoms with van der Waals surface area (Å²) in [5.41, 5.74) is 4.45. The van der Waals surface area contributed by atoms with Gasteiger partial charge in [-0.2, -0.15) is 5.26 Å². The van der Waals surface area contributed by atoms with Gasteiger partial charge in [-0.05, 0) is 54.6 Å². The van der Waals surface area contributed by atoms with E-state index in [4.69, 9.17) is 0 Å². The van der Waals surface area contributed by atoms with Gasteiger partial charge in [0.2, 0.25) is 9.84 Å². The SMILES string of the molecule is N#Cc1cc(-c2cccc(S(=O)(=O)c3ccccc3)n2)cc(-n2c3ccccc3c3ccccc32)c1. The highest BCUT2D eigenvalue weighted by molar-refractivity contribution is 7.91. The van der Waals surface area contributed by atoms with E-state index in [1.54, 1.807) is 48.5 Å². The van der Waals surface area contributed by atoms with E-state index in [0.29, 0.717) is 16.8 Å². The van der Waals surface area contributed by atoms with Crippen LogP contribution >= 0.6 is 0 Å². The van der Waals surface area contributed by atoms with Gasteiger partial charge >= 0.3 is 0 Å². The van der Waals surface area contributed by atoms with Crippen LogP contribution in [0, 0.1) is 11.3 Å². The fourth-order valence-electron chi connectivity index (χ4n) is 4.60. The van der Waals surface area contributed by atoms with E-state index in [-0.39, 0.29) is 9.92 Å². The Morgan fingerprint density at radius 2 is 1.33 bits per heavy atom. The van der Waals surface area contributed by atoms with Crippen LogP contribution in [0.4, 0.5) is 0 Å². The second-order valence-corrected chi connectivity index (χ2v) is 10.3. The van der Waals surface area contributed by atoms with Crippen LogP contribution in [0.5, 0.6) is 0 Å². The second-order valence-electron chi connectivity index (χ2n) is 8.43. The molecule has 2 heterocycles. The Balaban J connectivity index is 1.56. The quantitative estimate of drug-likeness (QED) is 0.284. The molecular formula is C30H19N3O2S. The standard InChI is InChI=1S/C30H19N3O2S/c31-20-21-17-22(27-13-8-16-30(32-27)36(34,35)24-9-2-1-3-10-24)19-23(18-21)33-28-14-6-4-11-25(28)26-12-5-7-15-29(26)33/h1-19H. The molecule has 6 aromatic rings. The van der Waals surface area contributed by atoms with E-state index in [1.165, 1.54) is 6.07 Å². The summed E-state index contributed by atoms with van der Waals surface area (Å²) >= 11 is 0. The minimum Gasteiger partial charge on any atom is -0.309 e. The van der Waals surface area contributed by atoms with E-state index < -0.39 is 9.84 Å². The molecule has 5 nitrogen and oxygen atoms in total. The van der Waals surface area contributed by atoms with Crippen LogP contribution in [0.3, 0.4) is 0 Å². The Morgan fingerprint density at radius 3 is 2.00 bits per heavy atom. The fraction of sp³-hybridized carbons (Fsp3) is 0. The van der Waals surface area contributed by atoms with Crippen LogP contribution in [0.15, 0.2) is 125 Å². The van der Waals surface area contributed by atoms with Crippen LogP contribution in [0.2, 0.25) is 0 Å². The van der Waals surface area contributed by atoms with Gasteiger partial charge in [0.15, 0.2) is 5.03 Å². The Hall–Kier alpha value is -4.73.